The summed E-state index contributed by atoms with van der Waals surface area (Å²) < 4.78 is 15.3. The van der Waals surface area contributed by atoms with Crippen molar-refractivity contribution >= 4 is 29.4 Å². The molecule has 0 aliphatic carbocycles. The van der Waals surface area contributed by atoms with Crippen molar-refractivity contribution in [3.05, 3.63) is 137 Å². The first kappa shape index (κ1) is 26.8. The Kier molecular flexibility index (Phi) is 8.03. The van der Waals surface area contributed by atoms with Crippen LogP contribution in [0.15, 0.2) is 109 Å². The number of hydrogen-bond donors (Lipinski definition) is 1. The Hall–Kier alpha value is -4.75. The van der Waals surface area contributed by atoms with E-state index in [4.69, 9.17) is 16.6 Å². The van der Waals surface area contributed by atoms with E-state index in [1.807, 2.05) is 79.9 Å². The Morgan fingerprint density at radius 1 is 0.900 bits per heavy atom. The quantitative estimate of drug-likeness (QED) is 0.227. The normalized spacial score (nSPS) is 10.8. The standard InChI is InChI=1S/C32H26ClFN4O2/c1-22-7-17-28(18-8-22)38-20-29(24-9-13-26(33)14-10-24)35-32(38)36-30(39)21-37(19-23-5-3-2-4-6-23)31(40)25-11-15-27(34)16-12-25/h2-18,20H,19,21H2,1H3,(H,35,36,39). The molecule has 0 radical (unpaired) electrons. The molecule has 1 heterocycles. The minimum atomic E-state index is -0.441. The summed E-state index contributed by atoms with van der Waals surface area (Å²) in [5, 5.41) is 3.50. The maximum absolute atomic E-state index is 13.5. The van der Waals surface area contributed by atoms with Crippen LogP contribution >= 0.6 is 11.6 Å². The van der Waals surface area contributed by atoms with Gasteiger partial charge in [-0.1, -0.05) is 71.8 Å². The number of rotatable bonds is 8. The van der Waals surface area contributed by atoms with Crippen molar-refractivity contribution in [2.24, 2.45) is 0 Å². The van der Waals surface area contributed by atoms with Crippen LogP contribution in [0.25, 0.3) is 16.9 Å². The summed E-state index contributed by atoms with van der Waals surface area (Å²) in [4.78, 5) is 32.9. The molecule has 0 spiro atoms. The molecular formula is C32H26ClFN4O2. The van der Waals surface area contributed by atoms with Crippen molar-refractivity contribution in [3.8, 4) is 16.9 Å². The van der Waals surface area contributed by atoms with Crippen LogP contribution in [0.5, 0.6) is 0 Å². The van der Waals surface area contributed by atoms with Gasteiger partial charge in [0, 0.05) is 34.6 Å². The van der Waals surface area contributed by atoms with Gasteiger partial charge in [0.05, 0.1) is 5.69 Å². The van der Waals surface area contributed by atoms with E-state index < -0.39 is 11.7 Å². The largest absolute Gasteiger partial charge is 0.325 e. The van der Waals surface area contributed by atoms with E-state index in [9.17, 15) is 14.0 Å². The summed E-state index contributed by atoms with van der Waals surface area (Å²) in [6, 6.07) is 29.8. The summed E-state index contributed by atoms with van der Waals surface area (Å²) in [7, 11) is 0. The number of amides is 2. The van der Waals surface area contributed by atoms with Gasteiger partial charge in [0.15, 0.2) is 0 Å². The zero-order valence-corrected chi connectivity index (χ0v) is 22.5. The second kappa shape index (κ2) is 12.0. The first-order valence-corrected chi connectivity index (χ1v) is 13.0. The monoisotopic (exact) mass is 552 g/mol. The zero-order chi connectivity index (χ0) is 28.1. The highest BCUT2D eigenvalue weighted by molar-refractivity contribution is 6.30. The van der Waals surface area contributed by atoms with Gasteiger partial charge in [-0.25, -0.2) is 9.37 Å². The molecule has 0 fully saturated rings. The number of nitrogens with zero attached hydrogens (tertiary/aromatic N) is 3. The third-order valence-electron chi connectivity index (χ3n) is 6.34. The van der Waals surface area contributed by atoms with E-state index in [0.717, 1.165) is 22.4 Å². The molecule has 2 amide bonds. The van der Waals surface area contributed by atoms with Gasteiger partial charge in [-0.3, -0.25) is 19.5 Å². The van der Waals surface area contributed by atoms with Crippen molar-refractivity contribution in [2.75, 3.05) is 11.9 Å². The van der Waals surface area contributed by atoms with Crippen LogP contribution in [-0.4, -0.2) is 32.8 Å². The van der Waals surface area contributed by atoms with E-state index in [1.165, 1.54) is 29.2 Å². The number of aryl methyl sites for hydroxylation is 1. The van der Waals surface area contributed by atoms with Gasteiger partial charge in [-0.05, 0) is 61.0 Å². The van der Waals surface area contributed by atoms with E-state index in [-0.39, 0.29) is 24.6 Å². The molecule has 6 nitrogen and oxygen atoms in total. The lowest BCUT2D eigenvalue weighted by atomic mass is 10.1. The number of hydrogen-bond acceptors (Lipinski definition) is 3. The number of carbonyl (C=O) groups excluding carboxylic acids is 2. The van der Waals surface area contributed by atoms with Crippen LogP contribution < -0.4 is 5.32 Å². The molecule has 4 aromatic carbocycles. The number of halogens is 2. The highest BCUT2D eigenvalue weighted by Gasteiger charge is 2.21. The van der Waals surface area contributed by atoms with Crippen LogP contribution in [0.4, 0.5) is 10.3 Å². The fraction of sp³-hybridized carbons (Fsp3) is 0.0938. The third kappa shape index (κ3) is 6.45. The minimum Gasteiger partial charge on any atom is -0.325 e. The number of imidazole rings is 1. The molecule has 0 aliphatic heterocycles. The summed E-state index contributed by atoms with van der Waals surface area (Å²) in [6.45, 7) is 1.97. The topological polar surface area (TPSA) is 67.2 Å². The minimum absolute atomic E-state index is 0.201. The highest BCUT2D eigenvalue weighted by Crippen LogP contribution is 2.26. The van der Waals surface area contributed by atoms with Crippen molar-refractivity contribution < 1.29 is 14.0 Å². The molecule has 40 heavy (non-hydrogen) atoms. The molecule has 5 rings (SSSR count). The summed E-state index contributed by atoms with van der Waals surface area (Å²) in [6.07, 6.45) is 1.84. The van der Waals surface area contributed by atoms with Crippen molar-refractivity contribution in [1.82, 2.24) is 14.5 Å². The zero-order valence-electron chi connectivity index (χ0n) is 21.7. The maximum Gasteiger partial charge on any atom is 0.254 e. The molecule has 1 N–H and O–H groups in total. The first-order valence-electron chi connectivity index (χ1n) is 12.7. The molecule has 5 aromatic rings. The van der Waals surface area contributed by atoms with Gasteiger partial charge in [0.1, 0.15) is 12.4 Å². The van der Waals surface area contributed by atoms with Crippen molar-refractivity contribution in [3.63, 3.8) is 0 Å². The average molecular weight is 553 g/mol. The molecule has 0 bridgehead atoms. The lowest BCUT2D eigenvalue weighted by Gasteiger charge is -2.22. The third-order valence-corrected chi connectivity index (χ3v) is 6.59. The Bertz CT molecular complexity index is 1620. The van der Waals surface area contributed by atoms with Crippen LogP contribution in [0.2, 0.25) is 5.02 Å². The predicted molar refractivity (Wildman–Crippen MR) is 155 cm³/mol. The second-order valence-corrected chi connectivity index (χ2v) is 9.80. The lowest BCUT2D eigenvalue weighted by molar-refractivity contribution is -0.117. The van der Waals surface area contributed by atoms with Gasteiger partial charge >= 0.3 is 0 Å². The average Bonchev–Trinajstić information content (AvgIpc) is 3.37. The number of benzene rings is 4. The predicted octanol–water partition coefficient (Wildman–Crippen LogP) is 6.92. The van der Waals surface area contributed by atoms with Gasteiger partial charge in [0.2, 0.25) is 11.9 Å². The lowest BCUT2D eigenvalue weighted by Crippen LogP contribution is -2.38. The Morgan fingerprint density at radius 3 is 2.25 bits per heavy atom. The van der Waals surface area contributed by atoms with Gasteiger partial charge in [0.25, 0.3) is 5.91 Å². The molecule has 200 valence electrons. The Balaban J connectivity index is 1.44. The van der Waals surface area contributed by atoms with Gasteiger partial charge in [-0.15, -0.1) is 0 Å². The summed E-state index contributed by atoms with van der Waals surface area (Å²) in [5.41, 5.74) is 4.55. The van der Waals surface area contributed by atoms with Crippen LogP contribution in [-0.2, 0) is 11.3 Å². The van der Waals surface area contributed by atoms with Crippen LogP contribution in [0.1, 0.15) is 21.5 Å². The second-order valence-electron chi connectivity index (χ2n) is 9.36. The summed E-state index contributed by atoms with van der Waals surface area (Å²) in [5.74, 6) is -0.938. The van der Waals surface area contributed by atoms with E-state index >= 15 is 0 Å². The molecule has 8 heteroatoms. The SMILES string of the molecule is Cc1ccc(-n2cc(-c3ccc(Cl)cc3)nc2NC(=O)CN(Cc2ccccc2)C(=O)c2ccc(F)cc2)cc1. The van der Waals surface area contributed by atoms with E-state index in [1.54, 1.807) is 16.7 Å². The summed E-state index contributed by atoms with van der Waals surface area (Å²) >= 11 is 6.07. The molecule has 0 atom stereocenters. The molecular weight excluding hydrogens is 527 g/mol. The number of anilines is 1. The van der Waals surface area contributed by atoms with E-state index in [0.29, 0.717) is 16.7 Å². The Morgan fingerprint density at radius 2 is 1.57 bits per heavy atom. The van der Waals surface area contributed by atoms with Crippen LogP contribution in [0, 0.1) is 12.7 Å². The van der Waals surface area contributed by atoms with E-state index in [2.05, 4.69) is 5.32 Å². The number of aromatic nitrogens is 2. The molecule has 1 aromatic heterocycles. The first-order chi connectivity index (χ1) is 19.4. The van der Waals surface area contributed by atoms with Crippen molar-refractivity contribution in [1.29, 1.82) is 0 Å². The molecule has 0 unspecified atom stereocenters. The van der Waals surface area contributed by atoms with Crippen molar-refractivity contribution in [2.45, 2.75) is 13.5 Å². The smallest absolute Gasteiger partial charge is 0.254 e. The number of nitrogens with one attached hydrogen (secondary N) is 1. The van der Waals surface area contributed by atoms with Crippen LogP contribution in [0.3, 0.4) is 0 Å². The Labute approximate surface area is 236 Å². The number of carbonyl (C=O) groups is 2. The molecule has 0 aliphatic rings. The fourth-order valence-corrected chi connectivity index (χ4v) is 4.37. The highest BCUT2D eigenvalue weighted by atomic mass is 35.5. The molecule has 0 saturated heterocycles. The van der Waals surface area contributed by atoms with Gasteiger partial charge < -0.3 is 4.90 Å². The maximum atomic E-state index is 13.5. The molecule has 0 saturated carbocycles. The fourth-order valence-electron chi connectivity index (χ4n) is 4.25. The van der Waals surface area contributed by atoms with Gasteiger partial charge in [-0.2, -0.15) is 0 Å².